The number of nitrogens with two attached hydrogens (primary N) is 1. The molecular weight excluding hydrogens is 514 g/mol. The van der Waals surface area contributed by atoms with E-state index in [9.17, 15) is 5.26 Å². The fourth-order valence-corrected chi connectivity index (χ4v) is 5.55. The molecule has 2 N–H and O–H groups in total. The maximum absolute atomic E-state index is 10.1. The number of fused-ring (bicyclic) bond motifs is 1. The summed E-state index contributed by atoms with van der Waals surface area (Å²) in [5.74, 6) is 1.66. The molecule has 210 valence electrons. The normalized spacial score (nSPS) is 16.3. The van der Waals surface area contributed by atoms with Crippen LogP contribution in [0.5, 0.6) is 5.75 Å². The highest BCUT2D eigenvalue weighted by molar-refractivity contribution is 6.32. The summed E-state index contributed by atoms with van der Waals surface area (Å²) in [6.07, 6.45) is 1.50. The van der Waals surface area contributed by atoms with Crippen LogP contribution in [0.1, 0.15) is 82.8 Å². The van der Waals surface area contributed by atoms with E-state index in [4.69, 9.17) is 31.9 Å². The minimum Gasteiger partial charge on any atom is -0.493 e. The molecule has 4 rings (SSSR count). The Kier molecular flexibility index (Phi) is 8.41. The lowest BCUT2D eigenvalue weighted by Crippen LogP contribution is -2.61. The highest BCUT2D eigenvalue weighted by Gasteiger charge is 2.44. The van der Waals surface area contributed by atoms with Gasteiger partial charge in [-0.25, -0.2) is 14.6 Å². The summed E-state index contributed by atoms with van der Waals surface area (Å²) >= 11 is 6.77. The molecule has 9 nitrogen and oxygen atoms in total. The molecule has 0 spiro atoms. The van der Waals surface area contributed by atoms with Crippen molar-refractivity contribution < 1.29 is 9.47 Å². The van der Waals surface area contributed by atoms with E-state index in [1.807, 2.05) is 31.5 Å². The molecule has 1 aliphatic rings. The average Bonchev–Trinajstić information content (AvgIpc) is 3.19. The molecule has 0 aliphatic carbocycles. The fraction of sp³-hybridized carbons (Fsp3) is 0.586. The third-order valence-corrected chi connectivity index (χ3v) is 8.29. The SMILES string of the molecule is CCOc1c(C(C)n2nc(C)c3c(N)ncnc32)cc(Cl)c(C#N)c1C1CN(C(C)(C)[C@H](C)OCC(C)C)C1. The lowest BCUT2D eigenvalue weighted by molar-refractivity contribution is -0.0828. The highest BCUT2D eigenvalue weighted by Crippen LogP contribution is 2.46. The van der Waals surface area contributed by atoms with Gasteiger partial charge in [0.1, 0.15) is 24.0 Å². The number of nitrogens with zero attached hydrogens (tertiary/aromatic N) is 6. The Morgan fingerprint density at radius 2 is 1.92 bits per heavy atom. The highest BCUT2D eigenvalue weighted by atomic mass is 35.5. The number of aromatic nitrogens is 4. The second-order valence-corrected chi connectivity index (χ2v) is 11.8. The van der Waals surface area contributed by atoms with Crippen LogP contribution in [-0.2, 0) is 4.74 Å². The van der Waals surface area contributed by atoms with Crippen molar-refractivity contribution in [1.29, 1.82) is 5.26 Å². The number of likely N-dealkylation sites (tertiary alicyclic amines) is 1. The first kappa shape index (κ1) is 29.1. The van der Waals surface area contributed by atoms with E-state index in [1.54, 1.807) is 0 Å². The average molecular weight is 554 g/mol. The Bertz CT molecular complexity index is 1390. The van der Waals surface area contributed by atoms with Crippen molar-refractivity contribution in [1.82, 2.24) is 24.6 Å². The second-order valence-electron chi connectivity index (χ2n) is 11.4. The molecule has 10 heteroatoms. The van der Waals surface area contributed by atoms with Crippen molar-refractivity contribution in [3.05, 3.63) is 39.8 Å². The van der Waals surface area contributed by atoms with Gasteiger partial charge in [-0.3, -0.25) is 4.90 Å². The van der Waals surface area contributed by atoms with Crippen LogP contribution < -0.4 is 10.5 Å². The summed E-state index contributed by atoms with van der Waals surface area (Å²) in [6, 6.07) is 3.90. The Morgan fingerprint density at radius 3 is 2.54 bits per heavy atom. The zero-order chi connectivity index (χ0) is 28.6. The van der Waals surface area contributed by atoms with Gasteiger partial charge in [-0.15, -0.1) is 0 Å². The lowest BCUT2D eigenvalue weighted by atomic mass is 9.81. The van der Waals surface area contributed by atoms with Crippen LogP contribution in [0.15, 0.2) is 12.4 Å². The van der Waals surface area contributed by atoms with Crippen LogP contribution >= 0.6 is 11.6 Å². The van der Waals surface area contributed by atoms with Gasteiger partial charge in [-0.2, -0.15) is 10.4 Å². The number of aryl methyl sites for hydroxylation is 1. The first-order valence-electron chi connectivity index (χ1n) is 13.6. The number of halogens is 1. The quantitative estimate of drug-likeness (QED) is 0.350. The monoisotopic (exact) mass is 553 g/mol. The van der Waals surface area contributed by atoms with Crippen molar-refractivity contribution in [2.75, 3.05) is 32.0 Å². The number of benzene rings is 1. The van der Waals surface area contributed by atoms with Crippen molar-refractivity contribution in [2.45, 2.75) is 79.0 Å². The van der Waals surface area contributed by atoms with Crippen molar-refractivity contribution >= 4 is 28.5 Å². The smallest absolute Gasteiger partial charge is 0.164 e. The van der Waals surface area contributed by atoms with Crippen LogP contribution in [0.25, 0.3) is 11.0 Å². The molecule has 0 bridgehead atoms. The molecule has 2 atom stereocenters. The van der Waals surface area contributed by atoms with Gasteiger partial charge < -0.3 is 15.2 Å². The number of nitrogen functional groups attached to an aromatic ring is 1. The minimum atomic E-state index is -0.280. The van der Waals surface area contributed by atoms with Crippen molar-refractivity contribution in [3.63, 3.8) is 0 Å². The van der Waals surface area contributed by atoms with Crippen molar-refractivity contribution in [2.24, 2.45) is 5.92 Å². The van der Waals surface area contributed by atoms with E-state index in [2.05, 4.69) is 55.6 Å². The van der Waals surface area contributed by atoms with Gasteiger partial charge in [0.05, 0.1) is 40.4 Å². The topological polar surface area (TPSA) is 115 Å². The van der Waals surface area contributed by atoms with Crippen LogP contribution in [0, 0.1) is 24.2 Å². The van der Waals surface area contributed by atoms with Gasteiger partial charge in [0.2, 0.25) is 0 Å². The summed E-state index contributed by atoms with van der Waals surface area (Å²) < 4.78 is 14.3. The van der Waals surface area contributed by atoms with E-state index in [0.29, 0.717) is 40.3 Å². The number of rotatable bonds is 10. The zero-order valence-corrected chi connectivity index (χ0v) is 25.0. The van der Waals surface area contributed by atoms with E-state index < -0.39 is 0 Å². The number of anilines is 1. The molecule has 1 aliphatic heterocycles. The fourth-order valence-electron chi connectivity index (χ4n) is 5.29. The van der Waals surface area contributed by atoms with Gasteiger partial charge in [-0.05, 0) is 53.5 Å². The molecule has 39 heavy (non-hydrogen) atoms. The Balaban J connectivity index is 1.73. The second kappa shape index (κ2) is 11.3. The van der Waals surface area contributed by atoms with Crippen LogP contribution in [0.3, 0.4) is 0 Å². The Morgan fingerprint density at radius 1 is 1.23 bits per heavy atom. The van der Waals surface area contributed by atoms with Gasteiger partial charge in [0, 0.05) is 42.3 Å². The largest absolute Gasteiger partial charge is 0.493 e. The van der Waals surface area contributed by atoms with E-state index in [0.717, 1.165) is 41.9 Å². The molecule has 2 aromatic heterocycles. The maximum atomic E-state index is 10.1. The maximum Gasteiger partial charge on any atom is 0.164 e. The third-order valence-electron chi connectivity index (χ3n) is 7.99. The summed E-state index contributed by atoms with van der Waals surface area (Å²) in [5.41, 5.74) is 9.55. The summed E-state index contributed by atoms with van der Waals surface area (Å²) in [7, 11) is 0. The zero-order valence-electron chi connectivity index (χ0n) is 24.2. The molecule has 1 aromatic carbocycles. The van der Waals surface area contributed by atoms with Crippen LogP contribution in [-0.4, -0.2) is 62.6 Å². The number of hydrogen-bond acceptors (Lipinski definition) is 8. The molecule has 3 aromatic rings. The summed E-state index contributed by atoms with van der Waals surface area (Å²) in [4.78, 5) is 11.0. The van der Waals surface area contributed by atoms with Gasteiger partial charge in [0.15, 0.2) is 5.65 Å². The van der Waals surface area contributed by atoms with Gasteiger partial charge >= 0.3 is 0 Å². The standard InChI is InChI=1S/C29H40ClN7O2/c1-9-38-26-21(18(5)37-28-24(17(4)35-37)27(32)33-15-34-28)10-23(30)22(11-31)25(26)20-12-36(13-20)29(7,8)19(6)39-14-16(2)3/h10,15-16,18-20H,9,12-14H2,1-8H3,(H2,32,33,34)/t18?,19-/m0/s1. The van der Waals surface area contributed by atoms with E-state index in [1.165, 1.54) is 6.33 Å². The van der Waals surface area contributed by atoms with Gasteiger partial charge in [0.25, 0.3) is 0 Å². The third kappa shape index (κ3) is 5.30. The first-order chi connectivity index (χ1) is 18.4. The molecule has 0 amide bonds. The number of hydrogen-bond donors (Lipinski definition) is 1. The summed E-state index contributed by atoms with van der Waals surface area (Å²) in [5, 5.41) is 16.0. The van der Waals surface area contributed by atoms with Crippen LogP contribution in [0.4, 0.5) is 5.82 Å². The molecule has 0 radical (unpaired) electrons. The Labute approximate surface area is 236 Å². The molecular formula is C29H40ClN7O2. The molecule has 1 fully saturated rings. The van der Waals surface area contributed by atoms with E-state index >= 15 is 0 Å². The van der Waals surface area contributed by atoms with Crippen molar-refractivity contribution in [3.8, 4) is 11.8 Å². The number of nitriles is 1. The molecule has 0 saturated carbocycles. The van der Waals surface area contributed by atoms with Gasteiger partial charge in [-0.1, -0.05) is 25.4 Å². The minimum absolute atomic E-state index is 0.0587. The molecule has 3 heterocycles. The van der Waals surface area contributed by atoms with Crippen LogP contribution in [0.2, 0.25) is 5.02 Å². The predicted octanol–water partition coefficient (Wildman–Crippen LogP) is 5.49. The lowest BCUT2D eigenvalue weighted by Gasteiger charge is -2.52. The molecule has 1 unspecified atom stereocenters. The molecule has 1 saturated heterocycles. The Hall–Kier alpha value is -2.93. The first-order valence-corrected chi connectivity index (χ1v) is 14.0. The van der Waals surface area contributed by atoms with E-state index in [-0.39, 0.29) is 23.6 Å². The summed E-state index contributed by atoms with van der Waals surface area (Å²) in [6.45, 7) is 19.5. The predicted molar refractivity (Wildman–Crippen MR) is 154 cm³/mol. The number of ether oxygens (including phenoxy) is 2.